The van der Waals surface area contributed by atoms with Crippen molar-refractivity contribution in [3.63, 3.8) is 0 Å². The molecule has 1 atom stereocenters. The van der Waals surface area contributed by atoms with Crippen LogP contribution in [0.3, 0.4) is 0 Å². The second-order valence-corrected chi connectivity index (χ2v) is 7.89. The normalized spacial score (nSPS) is 15.1. The van der Waals surface area contributed by atoms with Gasteiger partial charge in [0.15, 0.2) is 6.10 Å². The minimum atomic E-state index is -0.690. The molecular weight excluding hydrogens is 439 g/mol. The van der Waals surface area contributed by atoms with E-state index in [1.807, 2.05) is 12.1 Å². The number of benzene rings is 3. The molecule has 0 saturated carbocycles. The first kappa shape index (κ1) is 23.1. The Balaban J connectivity index is 1.59. The fraction of sp³-hybridized carbons (Fsp3) is 0.231. The maximum atomic E-state index is 14.0. The molecule has 34 heavy (non-hydrogen) atoms. The number of halogens is 1. The molecule has 0 unspecified atom stereocenters. The van der Waals surface area contributed by atoms with Crippen LogP contribution in [0.25, 0.3) is 0 Å². The van der Waals surface area contributed by atoms with E-state index >= 15 is 0 Å². The fourth-order valence-corrected chi connectivity index (χ4v) is 3.84. The third-order valence-electron chi connectivity index (χ3n) is 5.62. The second kappa shape index (κ2) is 9.82. The van der Waals surface area contributed by atoms with Crippen LogP contribution in [-0.4, -0.2) is 37.0 Å². The molecule has 1 N–H and O–H groups in total. The number of nitrogens with zero attached hydrogens (tertiary/aromatic N) is 1. The van der Waals surface area contributed by atoms with Gasteiger partial charge in [-0.3, -0.25) is 9.59 Å². The van der Waals surface area contributed by atoms with Crippen molar-refractivity contribution in [3.8, 4) is 17.2 Å². The van der Waals surface area contributed by atoms with Crippen LogP contribution in [0.4, 0.5) is 10.1 Å². The summed E-state index contributed by atoms with van der Waals surface area (Å²) in [6.07, 6.45) is -0.690. The molecule has 1 heterocycles. The molecule has 3 aromatic rings. The molecule has 4 rings (SSSR count). The Bertz CT molecular complexity index is 1230. The van der Waals surface area contributed by atoms with Crippen molar-refractivity contribution in [1.29, 1.82) is 0 Å². The molecular formula is C26H25FN2O5. The van der Waals surface area contributed by atoms with E-state index in [1.54, 1.807) is 56.4 Å². The summed E-state index contributed by atoms with van der Waals surface area (Å²) in [4.78, 5) is 27.3. The molecule has 0 aromatic heterocycles. The monoisotopic (exact) mass is 464 g/mol. The quantitative estimate of drug-likeness (QED) is 0.585. The Labute approximate surface area is 197 Å². The van der Waals surface area contributed by atoms with Crippen molar-refractivity contribution < 1.29 is 28.2 Å². The summed E-state index contributed by atoms with van der Waals surface area (Å²) in [6.45, 7) is 2.26. The lowest BCUT2D eigenvalue weighted by molar-refractivity contribution is -0.138. The van der Waals surface area contributed by atoms with Crippen molar-refractivity contribution in [2.45, 2.75) is 26.1 Å². The smallest absolute Gasteiger partial charge is 0.263 e. The van der Waals surface area contributed by atoms with Crippen LogP contribution in [0.5, 0.6) is 17.2 Å². The summed E-state index contributed by atoms with van der Waals surface area (Å²) in [5.74, 6) is 0.477. The minimum absolute atomic E-state index is 0.0503. The van der Waals surface area contributed by atoms with Gasteiger partial charge in [-0.1, -0.05) is 12.1 Å². The lowest BCUT2D eigenvalue weighted by Crippen LogP contribution is -2.37. The Morgan fingerprint density at radius 1 is 1.12 bits per heavy atom. The number of carbonyl (C=O) groups excluding carboxylic acids is 2. The van der Waals surface area contributed by atoms with Crippen LogP contribution in [0, 0.1) is 5.82 Å². The maximum absolute atomic E-state index is 14.0. The van der Waals surface area contributed by atoms with Crippen LogP contribution >= 0.6 is 0 Å². The zero-order valence-electron chi connectivity index (χ0n) is 19.1. The lowest BCUT2D eigenvalue weighted by atomic mass is 10.1. The van der Waals surface area contributed by atoms with E-state index in [1.165, 1.54) is 18.2 Å². The summed E-state index contributed by atoms with van der Waals surface area (Å²) in [5.41, 5.74) is 1.96. The number of ether oxygens (including phenoxy) is 3. The topological polar surface area (TPSA) is 77.1 Å². The third-order valence-corrected chi connectivity index (χ3v) is 5.62. The average molecular weight is 464 g/mol. The van der Waals surface area contributed by atoms with Crippen LogP contribution in [0.15, 0.2) is 60.7 Å². The molecule has 3 aromatic carbocycles. The van der Waals surface area contributed by atoms with Gasteiger partial charge in [0.2, 0.25) is 0 Å². The summed E-state index contributed by atoms with van der Waals surface area (Å²) in [6, 6.07) is 16.3. The van der Waals surface area contributed by atoms with E-state index in [-0.39, 0.29) is 18.0 Å². The van der Waals surface area contributed by atoms with Gasteiger partial charge in [-0.2, -0.15) is 0 Å². The number of hydrogen-bond donors (Lipinski definition) is 1. The Morgan fingerprint density at radius 2 is 1.91 bits per heavy atom. The molecule has 0 saturated heterocycles. The molecule has 8 heteroatoms. The molecule has 0 aliphatic carbocycles. The highest BCUT2D eigenvalue weighted by molar-refractivity contribution is 6.04. The Morgan fingerprint density at radius 3 is 2.65 bits per heavy atom. The van der Waals surface area contributed by atoms with Gasteiger partial charge in [-0.15, -0.1) is 0 Å². The van der Waals surface area contributed by atoms with Gasteiger partial charge in [0, 0.05) is 36.0 Å². The van der Waals surface area contributed by atoms with Crippen LogP contribution in [0.1, 0.15) is 28.4 Å². The second-order valence-electron chi connectivity index (χ2n) is 7.89. The predicted molar refractivity (Wildman–Crippen MR) is 125 cm³/mol. The standard InChI is InChI=1S/C26H25FN2O5/c1-16-26(31)29(14-17-8-10-20(32-2)13-24(17)33-3)15-18-12-19(9-11-23(18)34-16)28-25(30)21-6-4-5-7-22(21)27/h4-13,16H,14-15H2,1-3H3,(H,28,30)/t16-/m1/s1. The molecule has 2 amide bonds. The molecule has 0 fully saturated rings. The first-order chi connectivity index (χ1) is 16.4. The van der Waals surface area contributed by atoms with E-state index in [0.717, 1.165) is 11.1 Å². The highest BCUT2D eigenvalue weighted by Gasteiger charge is 2.29. The Hall–Kier alpha value is -4.07. The van der Waals surface area contributed by atoms with Gasteiger partial charge >= 0.3 is 0 Å². The number of nitrogens with one attached hydrogen (secondary N) is 1. The molecule has 7 nitrogen and oxygen atoms in total. The molecule has 0 radical (unpaired) electrons. The largest absolute Gasteiger partial charge is 0.497 e. The number of rotatable bonds is 6. The highest BCUT2D eigenvalue weighted by Crippen LogP contribution is 2.32. The number of carbonyl (C=O) groups is 2. The van der Waals surface area contributed by atoms with Gasteiger partial charge in [0.05, 0.1) is 19.8 Å². The van der Waals surface area contributed by atoms with E-state index < -0.39 is 17.8 Å². The van der Waals surface area contributed by atoms with Crippen LogP contribution < -0.4 is 19.5 Å². The third kappa shape index (κ3) is 4.80. The summed E-state index contributed by atoms with van der Waals surface area (Å²) in [7, 11) is 3.14. The lowest BCUT2D eigenvalue weighted by Gasteiger charge is -2.23. The highest BCUT2D eigenvalue weighted by atomic mass is 19.1. The molecule has 176 valence electrons. The molecule has 1 aliphatic heterocycles. The van der Waals surface area contributed by atoms with Gasteiger partial charge in [0.25, 0.3) is 11.8 Å². The number of anilines is 1. The van der Waals surface area contributed by atoms with Crippen molar-refractivity contribution >= 4 is 17.5 Å². The number of hydrogen-bond acceptors (Lipinski definition) is 5. The Kier molecular flexibility index (Phi) is 6.67. The molecule has 0 bridgehead atoms. The summed E-state index contributed by atoms with van der Waals surface area (Å²) < 4.78 is 30.6. The first-order valence-electron chi connectivity index (χ1n) is 10.7. The van der Waals surface area contributed by atoms with Gasteiger partial charge in [0.1, 0.15) is 23.1 Å². The summed E-state index contributed by atoms with van der Waals surface area (Å²) in [5, 5.41) is 2.72. The van der Waals surface area contributed by atoms with Crippen LogP contribution in [0.2, 0.25) is 0 Å². The number of fused-ring (bicyclic) bond motifs is 1. The van der Waals surface area contributed by atoms with E-state index in [9.17, 15) is 14.0 Å². The number of amides is 2. The first-order valence-corrected chi connectivity index (χ1v) is 10.7. The van der Waals surface area contributed by atoms with Crippen molar-refractivity contribution in [2.24, 2.45) is 0 Å². The zero-order chi connectivity index (χ0) is 24.2. The van der Waals surface area contributed by atoms with Gasteiger partial charge < -0.3 is 24.4 Å². The average Bonchev–Trinajstić information content (AvgIpc) is 2.95. The molecule has 1 aliphatic rings. The number of methoxy groups -OCH3 is 2. The van der Waals surface area contributed by atoms with Gasteiger partial charge in [-0.25, -0.2) is 4.39 Å². The SMILES string of the molecule is COc1ccc(CN2Cc3cc(NC(=O)c4ccccc4F)ccc3O[C@H](C)C2=O)c(OC)c1. The van der Waals surface area contributed by atoms with E-state index in [2.05, 4.69) is 5.32 Å². The zero-order valence-corrected chi connectivity index (χ0v) is 19.1. The van der Waals surface area contributed by atoms with E-state index in [0.29, 0.717) is 29.5 Å². The fourth-order valence-electron chi connectivity index (χ4n) is 3.84. The minimum Gasteiger partial charge on any atom is -0.497 e. The predicted octanol–water partition coefficient (Wildman–Crippen LogP) is 4.40. The van der Waals surface area contributed by atoms with Crippen molar-refractivity contribution in [3.05, 3.63) is 83.2 Å². The van der Waals surface area contributed by atoms with Crippen LogP contribution in [-0.2, 0) is 17.9 Å². The van der Waals surface area contributed by atoms with Crippen molar-refractivity contribution in [2.75, 3.05) is 19.5 Å². The van der Waals surface area contributed by atoms with E-state index in [4.69, 9.17) is 14.2 Å². The van der Waals surface area contributed by atoms with Crippen molar-refractivity contribution in [1.82, 2.24) is 4.90 Å². The van der Waals surface area contributed by atoms with Gasteiger partial charge in [-0.05, 0) is 49.4 Å². The maximum Gasteiger partial charge on any atom is 0.263 e. The molecule has 0 spiro atoms. The summed E-state index contributed by atoms with van der Waals surface area (Å²) >= 11 is 0.